The molecule has 0 aliphatic carbocycles. The quantitative estimate of drug-likeness (QED) is 0.470. The Balaban J connectivity index is 2.43. The van der Waals surface area contributed by atoms with Crippen LogP contribution >= 0.6 is 11.6 Å². The summed E-state index contributed by atoms with van der Waals surface area (Å²) in [4.78, 5) is 12.2. The van der Waals surface area contributed by atoms with Crippen LogP contribution in [0.5, 0.6) is 0 Å². The molecule has 0 saturated carbocycles. The number of hydrogen-bond donors (Lipinski definition) is 0. The topological polar surface area (TPSA) is 34.9 Å². The molecule has 0 aliphatic heterocycles. The first-order chi connectivity index (χ1) is 9.07. The Hall–Kier alpha value is -0.830. The molecule has 1 rings (SSSR count). The largest absolute Gasteiger partial charge is 0.292 e. The van der Waals surface area contributed by atoms with Crippen LogP contribution in [0.3, 0.4) is 0 Å². The van der Waals surface area contributed by atoms with E-state index in [0.29, 0.717) is 17.1 Å². The average Bonchev–Trinajstić information content (AvgIpc) is 2.75. The lowest BCUT2D eigenvalue weighted by atomic mass is 10.1. The van der Waals surface area contributed by atoms with Gasteiger partial charge in [-0.15, -0.1) is 0 Å². The summed E-state index contributed by atoms with van der Waals surface area (Å²) < 4.78 is 1.72. The third kappa shape index (κ3) is 4.98. The van der Waals surface area contributed by atoms with Gasteiger partial charge >= 0.3 is 0 Å². The van der Waals surface area contributed by atoms with E-state index in [2.05, 4.69) is 12.0 Å². The number of unbranched alkanes of at least 4 members (excludes halogenated alkanes) is 5. The maximum absolute atomic E-state index is 12.2. The molecular formula is C15H25ClN2O. The Morgan fingerprint density at radius 2 is 1.89 bits per heavy atom. The van der Waals surface area contributed by atoms with Gasteiger partial charge < -0.3 is 0 Å². The van der Waals surface area contributed by atoms with Crippen molar-refractivity contribution < 1.29 is 4.79 Å². The molecule has 4 heteroatoms. The number of hydrogen-bond acceptors (Lipinski definition) is 2. The van der Waals surface area contributed by atoms with Crippen LogP contribution in [0.2, 0.25) is 5.02 Å². The minimum absolute atomic E-state index is 0.117. The molecular weight excluding hydrogens is 260 g/mol. The summed E-state index contributed by atoms with van der Waals surface area (Å²) in [6, 6.07) is 0.163. The lowest BCUT2D eigenvalue weighted by Gasteiger charge is -2.10. The van der Waals surface area contributed by atoms with Gasteiger partial charge in [-0.2, -0.15) is 5.10 Å². The first kappa shape index (κ1) is 16.2. The van der Waals surface area contributed by atoms with Crippen molar-refractivity contribution in [1.29, 1.82) is 0 Å². The zero-order valence-corrected chi connectivity index (χ0v) is 13.0. The van der Waals surface area contributed by atoms with Gasteiger partial charge in [-0.3, -0.25) is 9.48 Å². The van der Waals surface area contributed by atoms with Crippen molar-refractivity contribution in [2.45, 2.75) is 71.8 Å². The van der Waals surface area contributed by atoms with Crippen molar-refractivity contribution in [1.82, 2.24) is 9.78 Å². The normalized spacial score (nSPS) is 11.2. The number of halogens is 1. The minimum atomic E-state index is 0.117. The van der Waals surface area contributed by atoms with Gasteiger partial charge in [0.25, 0.3) is 0 Å². The summed E-state index contributed by atoms with van der Waals surface area (Å²) in [6.45, 7) is 6.22. The van der Waals surface area contributed by atoms with Crippen LogP contribution in [0.1, 0.15) is 82.2 Å². The lowest BCUT2D eigenvalue weighted by molar-refractivity contribution is 0.0967. The van der Waals surface area contributed by atoms with Crippen molar-refractivity contribution in [2.24, 2.45) is 0 Å². The van der Waals surface area contributed by atoms with Gasteiger partial charge in [-0.25, -0.2) is 0 Å². The molecule has 0 aliphatic rings. The van der Waals surface area contributed by atoms with Gasteiger partial charge in [0.1, 0.15) is 5.69 Å². The van der Waals surface area contributed by atoms with Gasteiger partial charge in [0, 0.05) is 12.5 Å². The maximum atomic E-state index is 12.2. The predicted octanol–water partition coefficient (Wildman–Crippen LogP) is 5.05. The molecule has 1 heterocycles. The van der Waals surface area contributed by atoms with E-state index < -0.39 is 0 Å². The van der Waals surface area contributed by atoms with Gasteiger partial charge in [0.15, 0.2) is 5.78 Å². The highest BCUT2D eigenvalue weighted by Crippen LogP contribution is 2.21. The number of rotatable bonds is 9. The second kappa shape index (κ2) is 8.36. The molecule has 108 valence electrons. The molecule has 0 bridgehead atoms. The lowest BCUT2D eigenvalue weighted by Crippen LogP contribution is -2.13. The van der Waals surface area contributed by atoms with Crippen LogP contribution in [-0.2, 0) is 0 Å². The van der Waals surface area contributed by atoms with Gasteiger partial charge in [0.2, 0.25) is 0 Å². The smallest absolute Gasteiger partial charge is 0.182 e. The molecule has 0 N–H and O–H groups in total. The van der Waals surface area contributed by atoms with Crippen LogP contribution < -0.4 is 0 Å². The van der Waals surface area contributed by atoms with Crippen molar-refractivity contribution in [3.63, 3.8) is 0 Å². The fraction of sp³-hybridized carbons (Fsp3) is 0.733. The van der Waals surface area contributed by atoms with E-state index in [1.54, 1.807) is 10.9 Å². The standard InChI is InChI=1S/C15H25ClN2O/c1-4-5-6-7-8-9-10-14(19)15-13(16)11-17-18(15)12(2)3/h11-12H,4-10H2,1-3H3. The van der Waals surface area contributed by atoms with Crippen molar-refractivity contribution in [3.8, 4) is 0 Å². The Kier molecular flexibility index (Phi) is 7.14. The Morgan fingerprint density at radius 1 is 1.26 bits per heavy atom. The van der Waals surface area contributed by atoms with E-state index in [-0.39, 0.29) is 11.8 Å². The molecule has 0 atom stereocenters. The van der Waals surface area contributed by atoms with Crippen molar-refractivity contribution in [2.75, 3.05) is 0 Å². The van der Waals surface area contributed by atoms with Gasteiger partial charge in [-0.05, 0) is 20.3 Å². The predicted molar refractivity (Wildman–Crippen MR) is 79.9 cm³/mol. The third-order valence-corrected chi connectivity index (χ3v) is 3.54. The fourth-order valence-electron chi connectivity index (χ4n) is 2.18. The zero-order chi connectivity index (χ0) is 14.3. The van der Waals surface area contributed by atoms with Gasteiger partial charge in [-0.1, -0.05) is 50.6 Å². The van der Waals surface area contributed by atoms with Crippen LogP contribution in [0.15, 0.2) is 6.20 Å². The molecule has 0 radical (unpaired) electrons. The molecule has 1 aromatic heterocycles. The first-order valence-corrected chi connectivity index (χ1v) is 7.72. The van der Waals surface area contributed by atoms with Crippen LogP contribution in [0.25, 0.3) is 0 Å². The second-order valence-corrected chi connectivity index (χ2v) is 5.73. The SMILES string of the molecule is CCCCCCCCC(=O)c1c(Cl)cnn1C(C)C. The number of nitrogens with zero attached hydrogens (tertiary/aromatic N) is 2. The van der Waals surface area contributed by atoms with Crippen LogP contribution in [0, 0.1) is 0 Å². The van der Waals surface area contributed by atoms with E-state index in [9.17, 15) is 4.79 Å². The highest BCUT2D eigenvalue weighted by molar-refractivity contribution is 6.33. The number of ketones is 1. The van der Waals surface area contributed by atoms with E-state index in [1.807, 2.05) is 13.8 Å². The first-order valence-electron chi connectivity index (χ1n) is 7.34. The Bertz CT molecular complexity index is 399. The number of aromatic nitrogens is 2. The Morgan fingerprint density at radius 3 is 2.53 bits per heavy atom. The Labute approximate surface area is 121 Å². The number of Topliss-reactive ketones (excluding diaryl/α,β-unsaturated/α-hetero) is 1. The highest BCUT2D eigenvalue weighted by Gasteiger charge is 2.18. The van der Waals surface area contributed by atoms with Crippen LogP contribution in [0.4, 0.5) is 0 Å². The second-order valence-electron chi connectivity index (χ2n) is 5.32. The summed E-state index contributed by atoms with van der Waals surface area (Å²) in [6.07, 6.45) is 9.25. The molecule has 0 unspecified atom stereocenters. The fourth-order valence-corrected chi connectivity index (χ4v) is 2.41. The molecule has 19 heavy (non-hydrogen) atoms. The monoisotopic (exact) mass is 284 g/mol. The van der Waals surface area contributed by atoms with Crippen LogP contribution in [-0.4, -0.2) is 15.6 Å². The average molecular weight is 285 g/mol. The zero-order valence-electron chi connectivity index (χ0n) is 12.3. The molecule has 0 spiro atoms. The van der Waals surface area contributed by atoms with E-state index in [0.717, 1.165) is 12.8 Å². The summed E-state index contributed by atoms with van der Waals surface area (Å²) in [7, 11) is 0. The summed E-state index contributed by atoms with van der Waals surface area (Å²) >= 11 is 6.06. The maximum Gasteiger partial charge on any atom is 0.182 e. The van der Waals surface area contributed by atoms with Gasteiger partial charge in [0.05, 0.1) is 11.2 Å². The molecule has 0 saturated heterocycles. The number of carbonyl (C=O) groups excluding carboxylic acids is 1. The molecule has 1 aromatic rings. The summed E-state index contributed by atoms with van der Waals surface area (Å²) in [5, 5.41) is 4.65. The molecule has 0 aromatic carbocycles. The van der Waals surface area contributed by atoms with Crippen molar-refractivity contribution in [3.05, 3.63) is 16.9 Å². The molecule has 0 amide bonds. The van der Waals surface area contributed by atoms with E-state index in [1.165, 1.54) is 25.7 Å². The highest BCUT2D eigenvalue weighted by atomic mass is 35.5. The summed E-state index contributed by atoms with van der Waals surface area (Å²) in [5.74, 6) is 0.117. The van der Waals surface area contributed by atoms with Crippen molar-refractivity contribution >= 4 is 17.4 Å². The minimum Gasteiger partial charge on any atom is -0.292 e. The van der Waals surface area contributed by atoms with E-state index in [4.69, 9.17) is 11.6 Å². The summed E-state index contributed by atoms with van der Waals surface area (Å²) in [5.41, 5.74) is 0.574. The number of carbonyl (C=O) groups is 1. The third-order valence-electron chi connectivity index (χ3n) is 3.26. The molecule has 3 nitrogen and oxygen atoms in total. The molecule has 0 fully saturated rings. The van der Waals surface area contributed by atoms with E-state index >= 15 is 0 Å².